The van der Waals surface area contributed by atoms with E-state index in [-0.39, 0.29) is 6.42 Å². The fourth-order valence-electron chi connectivity index (χ4n) is 3.24. The standard InChI is InChI=1S/C16H21NO5/c1-20-14-10-5-3-6-21-13(10)11(8-12(17)16(18)19)9-4-2-7-22-15(9)14/h12H,2-8,17H2,1H3,(H,18,19). The van der Waals surface area contributed by atoms with Gasteiger partial charge in [0.25, 0.3) is 0 Å². The van der Waals surface area contributed by atoms with Crippen molar-refractivity contribution in [1.82, 2.24) is 0 Å². The summed E-state index contributed by atoms with van der Waals surface area (Å²) in [6.45, 7) is 1.28. The minimum atomic E-state index is -1.01. The molecule has 6 heteroatoms. The summed E-state index contributed by atoms with van der Waals surface area (Å²) >= 11 is 0. The van der Waals surface area contributed by atoms with Crippen LogP contribution in [0.5, 0.6) is 17.2 Å². The van der Waals surface area contributed by atoms with Crippen LogP contribution in [0.2, 0.25) is 0 Å². The van der Waals surface area contributed by atoms with Crippen molar-refractivity contribution in [2.45, 2.75) is 38.1 Å². The van der Waals surface area contributed by atoms with Crippen LogP contribution in [0, 0.1) is 0 Å². The second kappa shape index (κ2) is 6.04. The van der Waals surface area contributed by atoms with Crippen molar-refractivity contribution in [3.63, 3.8) is 0 Å². The molecule has 120 valence electrons. The van der Waals surface area contributed by atoms with E-state index in [1.54, 1.807) is 7.11 Å². The van der Waals surface area contributed by atoms with E-state index in [0.29, 0.717) is 13.2 Å². The van der Waals surface area contributed by atoms with Crippen LogP contribution in [0.15, 0.2) is 0 Å². The number of carboxylic acid groups (broad SMARTS) is 1. The van der Waals surface area contributed by atoms with Crippen LogP contribution in [-0.2, 0) is 24.1 Å². The van der Waals surface area contributed by atoms with Crippen molar-refractivity contribution in [1.29, 1.82) is 0 Å². The second-order valence-electron chi connectivity index (χ2n) is 5.68. The first-order valence-electron chi connectivity index (χ1n) is 7.62. The maximum absolute atomic E-state index is 11.1. The third kappa shape index (κ3) is 2.47. The maximum atomic E-state index is 11.1. The molecule has 6 nitrogen and oxygen atoms in total. The van der Waals surface area contributed by atoms with E-state index < -0.39 is 12.0 Å². The van der Waals surface area contributed by atoms with Gasteiger partial charge in [0.05, 0.1) is 20.3 Å². The molecule has 0 aliphatic carbocycles. The van der Waals surface area contributed by atoms with E-state index in [0.717, 1.165) is 59.6 Å². The van der Waals surface area contributed by atoms with Gasteiger partial charge in [-0.25, -0.2) is 0 Å². The number of aliphatic carboxylic acids is 1. The quantitative estimate of drug-likeness (QED) is 0.871. The minimum absolute atomic E-state index is 0.243. The van der Waals surface area contributed by atoms with Gasteiger partial charge in [0.15, 0.2) is 11.5 Å². The number of rotatable bonds is 4. The summed E-state index contributed by atoms with van der Waals surface area (Å²) in [5, 5.41) is 9.13. The fourth-order valence-corrected chi connectivity index (χ4v) is 3.24. The van der Waals surface area contributed by atoms with Crippen LogP contribution >= 0.6 is 0 Å². The minimum Gasteiger partial charge on any atom is -0.493 e. The second-order valence-corrected chi connectivity index (χ2v) is 5.68. The molecule has 0 fully saturated rings. The number of fused-ring (bicyclic) bond motifs is 2. The number of hydrogen-bond donors (Lipinski definition) is 2. The third-order valence-electron chi connectivity index (χ3n) is 4.25. The predicted octanol–water partition coefficient (Wildman–Crippen LogP) is 1.30. The molecule has 0 saturated heterocycles. The van der Waals surface area contributed by atoms with Gasteiger partial charge >= 0.3 is 5.97 Å². The molecule has 0 spiro atoms. The molecule has 2 heterocycles. The van der Waals surface area contributed by atoms with Crippen molar-refractivity contribution < 1.29 is 24.1 Å². The van der Waals surface area contributed by atoms with Crippen molar-refractivity contribution in [2.75, 3.05) is 20.3 Å². The van der Waals surface area contributed by atoms with Crippen LogP contribution in [-0.4, -0.2) is 37.4 Å². The molecule has 3 rings (SSSR count). The number of benzene rings is 1. The molecule has 0 bridgehead atoms. The van der Waals surface area contributed by atoms with Gasteiger partial charge in [-0.1, -0.05) is 0 Å². The highest BCUT2D eigenvalue weighted by molar-refractivity contribution is 5.74. The van der Waals surface area contributed by atoms with Gasteiger partial charge in [0.2, 0.25) is 0 Å². The number of carboxylic acids is 1. The Morgan fingerprint density at radius 1 is 1.23 bits per heavy atom. The van der Waals surface area contributed by atoms with Crippen LogP contribution in [0.1, 0.15) is 29.5 Å². The molecule has 2 aliphatic rings. The van der Waals surface area contributed by atoms with Crippen LogP contribution < -0.4 is 19.9 Å². The zero-order valence-electron chi connectivity index (χ0n) is 12.7. The lowest BCUT2D eigenvalue weighted by Gasteiger charge is -2.30. The zero-order chi connectivity index (χ0) is 15.7. The lowest BCUT2D eigenvalue weighted by molar-refractivity contribution is -0.138. The highest BCUT2D eigenvalue weighted by Crippen LogP contribution is 2.48. The molecule has 0 aromatic heterocycles. The maximum Gasteiger partial charge on any atom is 0.320 e. The summed E-state index contributed by atoms with van der Waals surface area (Å²) in [7, 11) is 1.63. The molecule has 0 saturated carbocycles. The molecule has 1 atom stereocenters. The smallest absolute Gasteiger partial charge is 0.320 e. The predicted molar refractivity (Wildman–Crippen MR) is 79.9 cm³/mol. The summed E-state index contributed by atoms with van der Waals surface area (Å²) in [6.07, 6.45) is 3.71. The van der Waals surface area contributed by atoms with Crippen LogP contribution in [0.25, 0.3) is 0 Å². The first-order chi connectivity index (χ1) is 10.6. The molecule has 0 amide bonds. The average Bonchev–Trinajstić information content (AvgIpc) is 2.54. The lowest BCUT2D eigenvalue weighted by Crippen LogP contribution is -2.33. The van der Waals surface area contributed by atoms with E-state index in [4.69, 9.17) is 25.1 Å². The Balaban J connectivity index is 2.16. The summed E-state index contributed by atoms with van der Waals surface area (Å²) in [6, 6.07) is -0.950. The zero-order valence-corrected chi connectivity index (χ0v) is 12.7. The van der Waals surface area contributed by atoms with Gasteiger partial charge in [-0.2, -0.15) is 0 Å². The van der Waals surface area contributed by atoms with Crippen molar-refractivity contribution in [3.8, 4) is 17.2 Å². The third-order valence-corrected chi connectivity index (χ3v) is 4.25. The van der Waals surface area contributed by atoms with Crippen LogP contribution in [0.4, 0.5) is 0 Å². The first-order valence-corrected chi connectivity index (χ1v) is 7.62. The van der Waals surface area contributed by atoms with E-state index in [9.17, 15) is 4.79 Å². The monoisotopic (exact) mass is 307 g/mol. The highest BCUT2D eigenvalue weighted by atomic mass is 16.5. The lowest BCUT2D eigenvalue weighted by atomic mass is 9.89. The normalized spacial score (nSPS) is 17.5. The van der Waals surface area contributed by atoms with Gasteiger partial charge in [-0.3, -0.25) is 4.79 Å². The summed E-state index contributed by atoms with van der Waals surface area (Å²) in [4.78, 5) is 11.1. The molecule has 22 heavy (non-hydrogen) atoms. The Morgan fingerprint density at radius 3 is 2.50 bits per heavy atom. The van der Waals surface area contributed by atoms with E-state index in [2.05, 4.69) is 0 Å². The van der Waals surface area contributed by atoms with Gasteiger partial charge in [0.1, 0.15) is 11.8 Å². The first kappa shape index (κ1) is 15.0. The molecular weight excluding hydrogens is 286 g/mol. The van der Waals surface area contributed by atoms with E-state index in [1.165, 1.54) is 0 Å². The summed E-state index contributed by atoms with van der Waals surface area (Å²) < 4.78 is 17.3. The summed E-state index contributed by atoms with van der Waals surface area (Å²) in [5.74, 6) is 1.22. The topological polar surface area (TPSA) is 91.0 Å². The van der Waals surface area contributed by atoms with Crippen molar-refractivity contribution in [3.05, 3.63) is 16.7 Å². The SMILES string of the molecule is COc1c2c(c(CC(N)C(=O)O)c3c1OCCC3)OCCC2. The Hall–Kier alpha value is -1.95. The number of nitrogens with two attached hydrogens (primary N) is 1. The van der Waals surface area contributed by atoms with Gasteiger partial charge in [0, 0.05) is 23.1 Å². The number of hydrogen-bond acceptors (Lipinski definition) is 5. The van der Waals surface area contributed by atoms with Crippen molar-refractivity contribution >= 4 is 5.97 Å². The molecule has 1 aromatic rings. The van der Waals surface area contributed by atoms with Gasteiger partial charge in [-0.05, 0) is 25.7 Å². The average molecular weight is 307 g/mol. The van der Waals surface area contributed by atoms with E-state index in [1.807, 2.05) is 0 Å². The van der Waals surface area contributed by atoms with Gasteiger partial charge < -0.3 is 25.1 Å². The summed E-state index contributed by atoms with van der Waals surface area (Å²) in [5.41, 5.74) is 8.59. The Morgan fingerprint density at radius 2 is 1.86 bits per heavy atom. The molecule has 1 aromatic carbocycles. The molecule has 2 aliphatic heterocycles. The molecule has 3 N–H and O–H groups in total. The molecule has 0 radical (unpaired) electrons. The largest absolute Gasteiger partial charge is 0.493 e. The fraction of sp³-hybridized carbons (Fsp3) is 0.562. The van der Waals surface area contributed by atoms with Crippen molar-refractivity contribution in [2.24, 2.45) is 5.73 Å². The molecule has 1 unspecified atom stereocenters. The van der Waals surface area contributed by atoms with E-state index >= 15 is 0 Å². The van der Waals surface area contributed by atoms with Gasteiger partial charge in [-0.15, -0.1) is 0 Å². The number of ether oxygens (including phenoxy) is 3. The Labute approximate surface area is 129 Å². The number of carbonyl (C=O) groups is 1. The number of methoxy groups -OCH3 is 1. The molecular formula is C16H21NO5. The highest BCUT2D eigenvalue weighted by Gasteiger charge is 2.31. The Bertz CT molecular complexity index is 562. The Kier molecular flexibility index (Phi) is 4.11. The van der Waals surface area contributed by atoms with Crippen LogP contribution in [0.3, 0.4) is 0 Å².